The topological polar surface area (TPSA) is 60.4 Å². The molecule has 0 N–H and O–H groups in total. The minimum Gasteiger partial charge on any atom is -0.293 e. The maximum absolute atomic E-state index is 11.6. The second-order valence-corrected chi connectivity index (χ2v) is 5.97. The summed E-state index contributed by atoms with van der Waals surface area (Å²) in [6, 6.07) is 8.69. The summed E-state index contributed by atoms with van der Waals surface area (Å²) in [5.74, 6) is -0.186. The summed E-state index contributed by atoms with van der Waals surface area (Å²) in [6.07, 6.45) is 0.496. The van der Waals surface area contributed by atoms with Crippen LogP contribution in [0, 0.1) is 0 Å². The van der Waals surface area contributed by atoms with Gasteiger partial charge in [0.05, 0.1) is 11.5 Å². The summed E-state index contributed by atoms with van der Waals surface area (Å²) >= 11 is 0.666. The van der Waals surface area contributed by atoms with Gasteiger partial charge < -0.3 is 0 Å². The Balaban J connectivity index is 2.40. The van der Waals surface area contributed by atoms with Crippen LogP contribution in [0.15, 0.2) is 30.3 Å². The Morgan fingerprint density at radius 2 is 1.94 bits per heavy atom. The number of rotatable bonds is 7. The zero-order chi connectivity index (χ0) is 12.7. The highest BCUT2D eigenvalue weighted by Gasteiger charge is 2.12. The van der Waals surface area contributed by atoms with Crippen LogP contribution in [0.4, 0.5) is 0 Å². The predicted molar refractivity (Wildman–Crippen MR) is 68.4 cm³/mol. The normalized spacial score (nSPS) is 11.4. The van der Waals surface area contributed by atoms with E-state index in [-0.39, 0.29) is 17.3 Å². The minimum atomic E-state index is -3.50. The van der Waals surface area contributed by atoms with Crippen LogP contribution in [-0.2, 0) is 13.7 Å². The van der Waals surface area contributed by atoms with Gasteiger partial charge in [0.1, 0.15) is 0 Å². The van der Waals surface area contributed by atoms with Gasteiger partial charge in [-0.1, -0.05) is 37.3 Å². The lowest BCUT2D eigenvalue weighted by molar-refractivity contribution is 0.102. The van der Waals surface area contributed by atoms with E-state index in [1.807, 2.05) is 6.07 Å². The first kappa shape index (κ1) is 14.2. The molecule has 0 unspecified atom stereocenters. The molecular formula is C11H14O4S2. The van der Waals surface area contributed by atoms with Crippen molar-refractivity contribution in [1.29, 1.82) is 0 Å². The van der Waals surface area contributed by atoms with Crippen molar-refractivity contribution in [3.05, 3.63) is 35.9 Å². The Morgan fingerprint density at radius 1 is 1.29 bits per heavy atom. The lowest BCUT2D eigenvalue weighted by Gasteiger charge is -2.02. The molecule has 4 nitrogen and oxygen atoms in total. The summed E-state index contributed by atoms with van der Waals surface area (Å²) in [4.78, 5) is 11.6. The molecule has 0 aliphatic rings. The molecule has 0 bridgehead atoms. The van der Waals surface area contributed by atoms with Gasteiger partial charge in [0.25, 0.3) is 10.1 Å². The Kier molecular flexibility index (Phi) is 5.67. The molecule has 0 heterocycles. The van der Waals surface area contributed by atoms with Gasteiger partial charge in [0.2, 0.25) is 0 Å². The highest BCUT2D eigenvalue weighted by Crippen LogP contribution is 2.12. The van der Waals surface area contributed by atoms with Gasteiger partial charge >= 0.3 is 0 Å². The molecule has 1 aromatic rings. The summed E-state index contributed by atoms with van der Waals surface area (Å²) < 4.78 is 27.0. The van der Waals surface area contributed by atoms with Crippen molar-refractivity contribution in [2.24, 2.45) is 0 Å². The molecule has 0 amide bonds. The second kappa shape index (κ2) is 6.78. The summed E-state index contributed by atoms with van der Waals surface area (Å²) in [7, 11) is -3.50. The van der Waals surface area contributed by atoms with E-state index < -0.39 is 10.1 Å². The average molecular weight is 274 g/mol. The number of carbonyl (C=O) groups excluding carboxylic acids is 1. The van der Waals surface area contributed by atoms with Gasteiger partial charge in [0, 0.05) is 17.6 Å². The third kappa shape index (κ3) is 5.34. The lowest BCUT2D eigenvalue weighted by Crippen LogP contribution is -2.08. The Bertz CT molecular complexity index is 454. The quantitative estimate of drug-likeness (QED) is 0.564. The average Bonchev–Trinajstić information content (AvgIpc) is 2.29. The zero-order valence-electron chi connectivity index (χ0n) is 9.46. The molecule has 0 fully saturated rings. The number of ketones is 1. The number of Topliss-reactive ketones (excluding diaryl/α,β-unsaturated/α-hetero) is 1. The second-order valence-electron chi connectivity index (χ2n) is 3.38. The highest BCUT2D eigenvalue weighted by atomic mass is 32.3. The zero-order valence-corrected chi connectivity index (χ0v) is 11.1. The largest absolute Gasteiger partial charge is 0.293 e. The molecule has 94 valence electrons. The fraction of sp³-hybridized carbons (Fsp3) is 0.364. The van der Waals surface area contributed by atoms with E-state index in [1.54, 1.807) is 31.2 Å². The van der Waals surface area contributed by atoms with E-state index in [4.69, 9.17) is 0 Å². The maximum atomic E-state index is 11.6. The van der Waals surface area contributed by atoms with E-state index in [9.17, 15) is 13.2 Å². The molecule has 0 saturated carbocycles. The third-order valence-corrected chi connectivity index (χ3v) is 4.39. The van der Waals surface area contributed by atoms with Gasteiger partial charge in [-0.05, 0) is 6.42 Å². The van der Waals surface area contributed by atoms with Crippen LogP contribution in [-0.4, -0.2) is 25.7 Å². The first-order valence-electron chi connectivity index (χ1n) is 5.17. The fourth-order valence-electron chi connectivity index (χ4n) is 1.14. The molecule has 1 aromatic carbocycles. The number of hydrogen-bond acceptors (Lipinski definition) is 5. The van der Waals surface area contributed by atoms with E-state index in [2.05, 4.69) is 3.63 Å². The van der Waals surface area contributed by atoms with Crippen LogP contribution in [0.5, 0.6) is 0 Å². The van der Waals surface area contributed by atoms with Gasteiger partial charge in [-0.25, -0.2) is 0 Å². The molecule has 1 rings (SSSR count). The van der Waals surface area contributed by atoms with Crippen LogP contribution in [0.1, 0.15) is 23.7 Å². The van der Waals surface area contributed by atoms with Gasteiger partial charge in [-0.2, -0.15) is 12.0 Å². The SMILES string of the molecule is CCCS(=O)(=O)OSCC(=O)c1ccccc1. The van der Waals surface area contributed by atoms with Gasteiger partial charge in [-0.15, -0.1) is 0 Å². The van der Waals surface area contributed by atoms with Crippen molar-refractivity contribution in [3.63, 3.8) is 0 Å². The summed E-state index contributed by atoms with van der Waals surface area (Å²) in [5.41, 5.74) is 0.552. The Morgan fingerprint density at radius 3 is 2.53 bits per heavy atom. The van der Waals surface area contributed by atoms with E-state index in [0.717, 1.165) is 0 Å². The number of benzene rings is 1. The van der Waals surface area contributed by atoms with E-state index >= 15 is 0 Å². The van der Waals surface area contributed by atoms with Crippen molar-refractivity contribution in [3.8, 4) is 0 Å². The van der Waals surface area contributed by atoms with Gasteiger partial charge in [0.15, 0.2) is 5.78 Å². The standard InChI is InChI=1S/C11H14O4S2/c1-2-8-17(13,14)15-16-9-11(12)10-6-4-3-5-7-10/h3-7H,2,8-9H2,1H3. The minimum absolute atomic E-state index is 0.00699. The van der Waals surface area contributed by atoms with Gasteiger partial charge in [-0.3, -0.25) is 4.79 Å². The monoisotopic (exact) mass is 274 g/mol. The highest BCUT2D eigenvalue weighted by molar-refractivity contribution is 8.04. The third-order valence-electron chi connectivity index (χ3n) is 1.89. The lowest BCUT2D eigenvalue weighted by atomic mass is 10.2. The van der Waals surface area contributed by atoms with Crippen LogP contribution in [0.3, 0.4) is 0 Å². The first-order valence-corrected chi connectivity index (χ1v) is 7.66. The molecule has 0 aromatic heterocycles. The maximum Gasteiger partial charge on any atom is 0.278 e. The summed E-state index contributed by atoms with van der Waals surface area (Å²) in [6.45, 7) is 1.75. The fourth-order valence-corrected chi connectivity index (χ4v) is 2.97. The van der Waals surface area contributed by atoms with Crippen LogP contribution >= 0.6 is 12.0 Å². The van der Waals surface area contributed by atoms with Crippen molar-refractivity contribution in [2.45, 2.75) is 13.3 Å². The smallest absolute Gasteiger partial charge is 0.278 e. The summed E-state index contributed by atoms with van der Waals surface area (Å²) in [5, 5.41) is 0. The Hall–Kier alpha value is -0.850. The molecule has 0 saturated heterocycles. The van der Waals surface area contributed by atoms with Crippen LogP contribution in [0.25, 0.3) is 0 Å². The molecule has 17 heavy (non-hydrogen) atoms. The molecule has 0 spiro atoms. The van der Waals surface area contributed by atoms with Crippen molar-refractivity contribution in [2.75, 3.05) is 11.5 Å². The predicted octanol–water partition coefficient (Wildman–Crippen LogP) is 2.27. The molecule has 0 aliphatic heterocycles. The Labute approximate surface area is 106 Å². The van der Waals surface area contributed by atoms with Crippen molar-refractivity contribution in [1.82, 2.24) is 0 Å². The van der Waals surface area contributed by atoms with Crippen LogP contribution < -0.4 is 0 Å². The number of hydrogen-bond donors (Lipinski definition) is 0. The van der Waals surface area contributed by atoms with E-state index in [1.165, 1.54) is 0 Å². The molecule has 0 radical (unpaired) electrons. The first-order chi connectivity index (χ1) is 8.05. The number of carbonyl (C=O) groups is 1. The molecule has 6 heteroatoms. The van der Waals surface area contributed by atoms with Crippen molar-refractivity contribution >= 4 is 27.9 Å². The van der Waals surface area contributed by atoms with Crippen molar-refractivity contribution < 1.29 is 16.8 Å². The molecule has 0 atom stereocenters. The van der Waals surface area contributed by atoms with Crippen LogP contribution in [0.2, 0.25) is 0 Å². The molecular weight excluding hydrogens is 260 g/mol. The van der Waals surface area contributed by atoms with E-state index in [0.29, 0.717) is 24.0 Å². The molecule has 0 aliphatic carbocycles.